The van der Waals surface area contributed by atoms with Crippen molar-refractivity contribution in [2.75, 3.05) is 0 Å². The normalized spacial score (nSPS) is 10.8. The van der Waals surface area contributed by atoms with E-state index in [4.69, 9.17) is 0 Å². The van der Waals surface area contributed by atoms with Gasteiger partial charge in [-0.1, -0.05) is 37.9 Å². The van der Waals surface area contributed by atoms with E-state index in [0.29, 0.717) is 0 Å². The van der Waals surface area contributed by atoms with Crippen LogP contribution in [0.5, 0.6) is 0 Å². The number of benzene rings is 2. The molecule has 2 aromatic heterocycles. The lowest BCUT2D eigenvalue weighted by Crippen LogP contribution is -1.74. The third-order valence-corrected chi connectivity index (χ3v) is 4.49. The zero-order valence-corrected chi connectivity index (χ0v) is 14.5. The molecule has 0 aliphatic rings. The van der Waals surface area contributed by atoms with Crippen LogP contribution >= 0.6 is 31.9 Å². The summed E-state index contributed by atoms with van der Waals surface area (Å²) in [6.07, 6.45) is 0. The lowest BCUT2D eigenvalue weighted by Gasteiger charge is -1.89. The van der Waals surface area contributed by atoms with Crippen LogP contribution in [0.15, 0.2) is 57.5 Å². The SMILES string of the molecule is Brc1ccc2[nH]c(C#Cc3cc4ccc(Br)cc4[nH]3)cc2c1. The van der Waals surface area contributed by atoms with Gasteiger partial charge in [-0.05, 0) is 54.3 Å². The van der Waals surface area contributed by atoms with E-state index in [0.717, 1.165) is 42.1 Å². The first-order chi connectivity index (χ1) is 10.7. The fraction of sp³-hybridized carbons (Fsp3) is 0. The molecule has 22 heavy (non-hydrogen) atoms. The summed E-state index contributed by atoms with van der Waals surface area (Å²) >= 11 is 6.96. The molecule has 2 heterocycles. The van der Waals surface area contributed by atoms with Gasteiger partial charge in [0.2, 0.25) is 0 Å². The highest BCUT2D eigenvalue weighted by atomic mass is 79.9. The van der Waals surface area contributed by atoms with Gasteiger partial charge in [0.05, 0.1) is 11.4 Å². The largest absolute Gasteiger partial charge is 0.348 e. The number of aromatic amines is 2. The number of halogens is 2. The number of hydrogen-bond acceptors (Lipinski definition) is 0. The molecule has 2 aromatic carbocycles. The predicted octanol–water partition coefficient (Wildman–Crippen LogP) is 5.57. The molecule has 0 fully saturated rings. The molecule has 0 atom stereocenters. The quantitative estimate of drug-likeness (QED) is 0.353. The Hall–Kier alpha value is -1.96. The minimum absolute atomic E-state index is 0.910. The highest BCUT2D eigenvalue weighted by Gasteiger charge is 2.01. The molecular formula is C18H10Br2N2. The van der Waals surface area contributed by atoms with Gasteiger partial charge in [-0.3, -0.25) is 0 Å². The highest BCUT2D eigenvalue weighted by molar-refractivity contribution is 9.10. The standard InChI is InChI=1S/C18H10Br2N2/c19-13-3-6-17-12(7-13)9-16(21-17)5-4-15-8-11-1-2-14(20)10-18(11)22-15/h1-3,6-10,21-22H. The van der Waals surface area contributed by atoms with Gasteiger partial charge in [-0.2, -0.15) is 0 Å². The van der Waals surface area contributed by atoms with Crippen LogP contribution in [0.2, 0.25) is 0 Å². The first kappa shape index (κ1) is 13.7. The number of nitrogens with one attached hydrogen (secondary N) is 2. The van der Waals surface area contributed by atoms with Crippen LogP contribution in [0, 0.1) is 11.8 Å². The van der Waals surface area contributed by atoms with Gasteiger partial charge in [0.25, 0.3) is 0 Å². The molecule has 4 aromatic rings. The Morgan fingerprint density at radius 2 is 1.27 bits per heavy atom. The molecule has 0 saturated heterocycles. The van der Waals surface area contributed by atoms with Crippen LogP contribution in [0.1, 0.15) is 11.4 Å². The van der Waals surface area contributed by atoms with Gasteiger partial charge >= 0.3 is 0 Å². The molecule has 2 N–H and O–H groups in total. The second-order valence-electron chi connectivity index (χ2n) is 5.08. The van der Waals surface area contributed by atoms with Crippen molar-refractivity contribution in [2.45, 2.75) is 0 Å². The van der Waals surface area contributed by atoms with E-state index in [9.17, 15) is 0 Å². The van der Waals surface area contributed by atoms with Gasteiger partial charge in [0, 0.05) is 30.8 Å². The Morgan fingerprint density at radius 3 is 2.09 bits per heavy atom. The molecule has 0 unspecified atom stereocenters. The average Bonchev–Trinajstić information content (AvgIpc) is 3.07. The molecule has 2 nitrogen and oxygen atoms in total. The van der Waals surface area contributed by atoms with Crippen LogP contribution in [-0.4, -0.2) is 9.97 Å². The fourth-order valence-corrected chi connectivity index (χ4v) is 3.21. The first-order valence-electron chi connectivity index (χ1n) is 6.76. The molecule has 4 heteroatoms. The smallest absolute Gasteiger partial charge is 0.0908 e. The number of H-pyrrole nitrogens is 2. The second-order valence-corrected chi connectivity index (χ2v) is 6.91. The van der Waals surface area contributed by atoms with Crippen LogP contribution in [0.3, 0.4) is 0 Å². The van der Waals surface area contributed by atoms with Crippen LogP contribution in [0.25, 0.3) is 21.8 Å². The molecule has 106 valence electrons. The van der Waals surface area contributed by atoms with E-state index in [1.807, 2.05) is 18.2 Å². The molecular weight excluding hydrogens is 404 g/mol. The summed E-state index contributed by atoms with van der Waals surface area (Å²) < 4.78 is 2.13. The molecule has 0 saturated carbocycles. The Morgan fingerprint density at radius 1 is 0.636 bits per heavy atom. The minimum Gasteiger partial charge on any atom is -0.348 e. The summed E-state index contributed by atoms with van der Waals surface area (Å²) in [5, 5.41) is 2.31. The molecule has 0 bridgehead atoms. The number of rotatable bonds is 0. The van der Waals surface area contributed by atoms with Gasteiger partial charge in [-0.25, -0.2) is 0 Å². The van der Waals surface area contributed by atoms with Crippen molar-refractivity contribution in [1.82, 2.24) is 9.97 Å². The van der Waals surface area contributed by atoms with Crippen molar-refractivity contribution in [3.8, 4) is 11.8 Å². The summed E-state index contributed by atoms with van der Waals surface area (Å²) in [6, 6.07) is 16.4. The van der Waals surface area contributed by atoms with Crippen molar-refractivity contribution in [3.63, 3.8) is 0 Å². The Kier molecular flexibility index (Phi) is 3.33. The van der Waals surface area contributed by atoms with E-state index in [-0.39, 0.29) is 0 Å². The predicted molar refractivity (Wildman–Crippen MR) is 98.0 cm³/mol. The van der Waals surface area contributed by atoms with Crippen molar-refractivity contribution in [2.24, 2.45) is 0 Å². The third kappa shape index (κ3) is 2.58. The lowest BCUT2D eigenvalue weighted by molar-refractivity contribution is 1.40. The monoisotopic (exact) mass is 412 g/mol. The van der Waals surface area contributed by atoms with Gasteiger partial charge in [0.15, 0.2) is 0 Å². The van der Waals surface area contributed by atoms with Crippen molar-refractivity contribution < 1.29 is 0 Å². The van der Waals surface area contributed by atoms with Crippen LogP contribution in [0.4, 0.5) is 0 Å². The van der Waals surface area contributed by atoms with Crippen LogP contribution < -0.4 is 0 Å². The van der Waals surface area contributed by atoms with Gasteiger partial charge < -0.3 is 9.97 Å². The maximum absolute atomic E-state index is 3.48. The zero-order valence-electron chi connectivity index (χ0n) is 11.4. The van der Waals surface area contributed by atoms with Crippen molar-refractivity contribution >= 4 is 53.7 Å². The first-order valence-corrected chi connectivity index (χ1v) is 8.34. The maximum atomic E-state index is 3.48. The molecule has 0 amide bonds. The molecule has 0 spiro atoms. The number of aromatic nitrogens is 2. The molecule has 0 radical (unpaired) electrons. The van der Waals surface area contributed by atoms with E-state index in [1.165, 1.54) is 0 Å². The molecule has 4 rings (SSSR count). The number of fused-ring (bicyclic) bond motifs is 2. The van der Waals surface area contributed by atoms with E-state index >= 15 is 0 Å². The summed E-state index contributed by atoms with van der Waals surface area (Å²) in [6.45, 7) is 0. The third-order valence-electron chi connectivity index (χ3n) is 3.50. The zero-order chi connectivity index (χ0) is 15.1. The van der Waals surface area contributed by atoms with Crippen molar-refractivity contribution in [3.05, 3.63) is 68.9 Å². The highest BCUT2D eigenvalue weighted by Crippen LogP contribution is 2.21. The van der Waals surface area contributed by atoms with Gasteiger partial charge in [0.1, 0.15) is 0 Å². The second kappa shape index (κ2) is 5.35. The Labute approximate surface area is 144 Å². The molecule has 0 aliphatic carbocycles. The maximum Gasteiger partial charge on any atom is 0.0908 e. The summed E-state index contributed by atoms with van der Waals surface area (Å²) in [4.78, 5) is 6.64. The summed E-state index contributed by atoms with van der Waals surface area (Å²) in [5.41, 5.74) is 3.99. The fourth-order valence-electron chi connectivity index (χ4n) is 2.47. The Balaban J connectivity index is 1.73. The topological polar surface area (TPSA) is 31.6 Å². The molecule has 0 aliphatic heterocycles. The van der Waals surface area contributed by atoms with Gasteiger partial charge in [-0.15, -0.1) is 0 Å². The summed E-state index contributed by atoms with van der Waals surface area (Å²) in [7, 11) is 0. The van der Waals surface area contributed by atoms with E-state index in [1.54, 1.807) is 0 Å². The number of hydrogen-bond donors (Lipinski definition) is 2. The summed E-state index contributed by atoms with van der Waals surface area (Å²) in [5.74, 6) is 6.36. The van der Waals surface area contributed by atoms with Crippen molar-refractivity contribution in [1.29, 1.82) is 0 Å². The van der Waals surface area contributed by atoms with E-state index < -0.39 is 0 Å². The van der Waals surface area contributed by atoms with E-state index in [2.05, 4.69) is 84.0 Å². The minimum atomic E-state index is 0.910. The lowest BCUT2D eigenvalue weighted by atomic mass is 10.2. The van der Waals surface area contributed by atoms with Crippen LogP contribution in [-0.2, 0) is 0 Å². The Bertz CT molecular complexity index is 977. The average molecular weight is 414 g/mol.